The van der Waals surface area contributed by atoms with E-state index in [9.17, 15) is 4.79 Å². The molecular weight excluding hydrogens is 238 g/mol. The van der Waals surface area contributed by atoms with Crippen molar-refractivity contribution in [2.45, 2.75) is 26.8 Å². The molecule has 4 heteroatoms. The molecule has 0 aliphatic carbocycles. The summed E-state index contributed by atoms with van der Waals surface area (Å²) < 4.78 is 0. The molecule has 0 bridgehead atoms. The Morgan fingerprint density at radius 2 is 2.11 bits per heavy atom. The Morgan fingerprint density at radius 1 is 1.42 bits per heavy atom. The number of hydrogen-bond donors (Lipinski definition) is 2. The van der Waals surface area contributed by atoms with Gasteiger partial charge in [-0.3, -0.25) is 9.69 Å². The van der Waals surface area contributed by atoms with Gasteiger partial charge in [0.1, 0.15) is 0 Å². The maximum absolute atomic E-state index is 12.0. The molecule has 0 fully saturated rings. The van der Waals surface area contributed by atoms with Crippen LogP contribution >= 0.6 is 0 Å². The molecule has 1 aromatic carbocycles. The molecule has 106 valence electrons. The van der Waals surface area contributed by atoms with Crippen LogP contribution < -0.4 is 11.1 Å². The lowest BCUT2D eigenvalue weighted by Crippen LogP contribution is -2.33. The molecule has 0 aliphatic heterocycles. The number of hydrogen-bond acceptors (Lipinski definition) is 3. The Labute approximate surface area is 116 Å². The fourth-order valence-electron chi connectivity index (χ4n) is 1.98. The predicted molar refractivity (Wildman–Crippen MR) is 79.9 cm³/mol. The smallest absolute Gasteiger partial charge is 0.238 e. The Morgan fingerprint density at radius 3 is 2.74 bits per heavy atom. The maximum atomic E-state index is 12.0. The first kappa shape index (κ1) is 15.7. The van der Waals surface area contributed by atoms with E-state index in [0.29, 0.717) is 19.0 Å². The minimum atomic E-state index is 0.00621. The van der Waals surface area contributed by atoms with E-state index in [4.69, 9.17) is 5.73 Å². The van der Waals surface area contributed by atoms with Crippen LogP contribution in [0.3, 0.4) is 0 Å². The monoisotopic (exact) mass is 263 g/mol. The largest absolute Gasteiger partial charge is 0.326 e. The minimum absolute atomic E-state index is 0.00621. The average molecular weight is 263 g/mol. The van der Waals surface area contributed by atoms with Crippen LogP contribution in [0.25, 0.3) is 0 Å². The third-order valence-electron chi connectivity index (χ3n) is 3.25. The number of anilines is 1. The van der Waals surface area contributed by atoms with Crippen LogP contribution in [0.2, 0.25) is 0 Å². The summed E-state index contributed by atoms with van der Waals surface area (Å²) in [6.07, 6.45) is 1.13. The summed E-state index contributed by atoms with van der Waals surface area (Å²) in [6.45, 7) is 6.12. The Balaban J connectivity index is 2.51. The number of nitrogens with zero attached hydrogens (tertiary/aromatic N) is 1. The molecule has 0 spiro atoms. The van der Waals surface area contributed by atoms with Crippen molar-refractivity contribution in [2.24, 2.45) is 11.7 Å². The third kappa shape index (κ3) is 5.41. The first-order valence-corrected chi connectivity index (χ1v) is 6.83. The molecular formula is C15H25N3O. The van der Waals surface area contributed by atoms with Gasteiger partial charge in [0.25, 0.3) is 0 Å². The van der Waals surface area contributed by atoms with Gasteiger partial charge in [-0.2, -0.15) is 0 Å². The summed E-state index contributed by atoms with van der Waals surface area (Å²) in [7, 11) is 1.97. The SMILES string of the molecule is CCC(C)CN(C)CC(=O)Nc1ccccc1CN. The molecule has 1 amide bonds. The third-order valence-corrected chi connectivity index (χ3v) is 3.25. The predicted octanol–water partition coefficient (Wildman–Crippen LogP) is 2.06. The van der Waals surface area contributed by atoms with E-state index in [0.717, 1.165) is 24.2 Å². The molecule has 1 rings (SSSR count). The van der Waals surface area contributed by atoms with Crippen LogP contribution in [0.4, 0.5) is 5.69 Å². The van der Waals surface area contributed by atoms with Crippen molar-refractivity contribution >= 4 is 11.6 Å². The van der Waals surface area contributed by atoms with Gasteiger partial charge in [0.05, 0.1) is 6.54 Å². The van der Waals surface area contributed by atoms with Crippen LogP contribution in [0.1, 0.15) is 25.8 Å². The van der Waals surface area contributed by atoms with Gasteiger partial charge in [-0.1, -0.05) is 38.5 Å². The highest BCUT2D eigenvalue weighted by atomic mass is 16.2. The van der Waals surface area contributed by atoms with Gasteiger partial charge >= 0.3 is 0 Å². The van der Waals surface area contributed by atoms with Crippen LogP contribution in [0.5, 0.6) is 0 Å². The van der Waals surface area contributed by atoms with E-state index in [1.165, 1.54) is 0 Å². The second-order valence-electron chi connectivity index (χ2n) is 5.12. The van der Waals surface area contributed by atoms with Crippen molar-refractivity contribution in [1.29, 1.82) is 0 Å². The first-order chi connectivity index (χ1) is 9.06. The van der Waals surface area contributed by atoms with E-state index in [1.807, 2.05) is 31.3 Å². The maximum Gasteiger partial charge on any atom is 0.238 e. The van der Waals surface area contributed by atoms with Gasteiger partial charge in [0, 0.05) is 18.8 Å². The van der Waals surface area contributed by atoms with Crippen LogP contribution in [0.15, 0.2) is 24.3 Å². The molecule has 0 saturated heterocycles. The van der Waals surface area contributed by atoms with E-state index in [-0.39, 0.29) is 5.91 Å². The molecule has 0 saturated carbocycles. The number of benzene rings is 1. The fraction of sp³-hybridized carbons (Fsp3) is 0.533. The zero-order valence-electron chi connectivity index (χ0n) is 12.1. The van der Waals surface area contributed by atoms with E-state index >= 15 is 0 Å². The lowest BCUT2D eigenvalue weighted by Gasteiger charge is -2.20. The molecule has 1 aromatic rings. The molecule has 1 atom stereocenters. The summed E-state index contributed by atoms with van der Waals surface area (Å²) in [5, 5.41) is 2.92. The number of carbonyl (C=O) groups is 1. The lowest BCUT2D eigenvalue weighted by molar-refractivity contribution is -0.117. The molecule has 0 aliphatic rings. The van der Waals surface area contributed by atoms with Gasteiger partial charge in [0.15, 0.2) is 0 Å². The highest BCUT2D eigenvalue weighted by molar-refractivity contribution is 5.92. The fourth-order valence-corrected chi connectivity index (χ4v) is 1.98. The molecule has 4 nitrogen and oxygen atoms in total. The van der Waals surface area contributed by atoms with Gasteiger partial charge in [0.2, 0.25) is 5.91 Å². The van der Waals surface area contributed by atoms with Gasteiger partial charge in [-0.05, 0) is 24.6 Å². The Kier molecular flexibility index (Phi) is 6.53. The highest BCUT2D eigenvalue weighted by Gasteiger charge is 2.10. The number of nitrogens with two attached hydrogens (primary N) is 1. The van der Waals surface area contributed by atoms with Crippen molar-refractivity contribution < 1.29 is 4.79 Å². The van der Waals surface area contributed by atoms with Crippen LogP contribution in [-0.2, 0) is 11.3 Å². The summed E-state index contributed by atoms with van der Waals surface area (Å²) in [4.78, 5) is 14.0. The molecule has 0 heterocycles. The van der Waals surface area contributed by atoms with E-state index in [2.05, 4.69) is 24.1 Å². The van der Waals surface area contributed by atoms with Crippen LogP contribution in [0, 0.1) is 5.92 Å². The summed E-state index contributed by atoms with van der Waals surface area (Å²) in [5.41, 5.74) is 7.42. The topological polar surface area (TPSA) is 58.4 Å². The van der Waals surface area contributed by atoms with E-state index < -0.39 is 0 Å². The zero-order chi connectivity index (χ0) is 14.3. The van der Waals surface area contributed by atoms with Gasteiger partial charge in [-0.25, -0.2) is 0 Å². The summed E-state index contributed by atoms with van der Waals surface area (Å²) in [5.74, 6) is 0.612. The van der Waals surface area contributed by atoms with Crippen molar-refractivity contribution in [3.05, 3.63) is 29.8 Å². The van der Waals surface area contributed by atoms with Crippen molar-refractivity contribution in [1.82, 2.24) is 4.90 Å². The number of carbonyl (C=O) groups excluding carboxylic acids is 1. The molecule has 3 N–H and O–H groups in total. The molecule has 1 unspecified atom stereocenters. The van der Waals surface area contributed by atoms with Crippen molar-refractivity contribution in [3.63, 3.8) is 0 Å². The summed E-state index contributed by atoms with van der Waals surface area (Å²) >= 11 is 0. The minimum Gasteiger partial charge on any atom is -0.326 e. The molecule has 19 heavy (non-hydrogen) atoms. The second kappa shape index (κ2) is 7.92. The highest BCUT2D eigenvalue weighted by Crippen LogP contribution is 2.14. The number of para-hydroxylation sites is 1. The second-order valence-corrected chi connectivity index (χ2v) is 5.12. The zero-order valence-corrected chi connectivity index (χ0v) is 12.1. The lowest BCUT2D eigenvalue weighted by atomic mass is 10.1. The van der Waals surface area contributed by atoms with Crippen LogP contribution in [-0.4, -0.2) is 30.9 Å². The van der Waals surface area contributed by atoms with E-state index in [1.54, 1.807) is 0 Å². The van der Waals surface area contributed by atoms with Gasteiger partial charge < -0.3 is 11.1 Å². The molecule has 0 aromatic heterocycles. The quantitative estimate of drug-likeness (QED) is 0.791. The Bertz CT molecular complexity index is 406. The van der Waals surface area contributed by atoms with Crippen molar-refractivity contribution in [3.8, 4) is 0 Å². The Hall–Kier alpha value is -1.39. The standard InChI is InChI=1S/C15H25N3O/c1-4-12(2)10-18(3)11-15(19)17-14-8-6-5-7-13(14)9-16/h5-8,12H,4,9-11,16H2,1-3H3,(H,17,19). The number of nitrogens with one attached hydrogen (secondary N) is 1. The first-order valence-electron chi connectivity index (χ1n) is 6.83. The normalized spacial score (nSPS) is 12.5. The summed E-state index contributed by atoms with van der Waals surface area (Å²) in [6, 6.07) is 7.64. The number of likely N-dealkylation sites (N-methyl/N-ethyl adjacent to an activating group) is 1. The average Bonchev–Trinajstić information content (AvgIpc) is 2.38. The van der Waals surface area contributed by atoms with Gasteiger partial charge in [-0.15, -0.1) is 0 Å². The number of amides is 1. The number of rotatable bonds is 7. The van der Waals surface area contributed by atoms with Crippen molar-refractivity contribution in [2.75, 3.05) is 25.5 Å². The molecule has 0 radical (unpaired) electrons.